The van der Waals surface area contributed by atoms with E-state index in [2.05, 4.69) is 42.2 Å². The lowest BCUT2D eigenvalue weighted by atomic mass is 9.93. The summed E-state index contributed by atoms with van der Waals surface area (Å²) < 4.78 is 41.1. The molecule has 0 aliphatic heterocycles. The maximum Gasteiger partial charge on any atom is 0.263 e. The first-order valence-electron chi connectivity index (χ1n) is 12.0. The molecule has 0 bridgehead atoms. The number of halogens is 1. The monoisotopic (exact) mass is 515 g/mol. The molecule has 4 rings (SSSR count). The molecule has 2 aromatic heterocycles. The maximum absolute atomic E-state index is 13.2. The number of aliphatic hydroxyl groups excluding tert-OH is 1. The van der Waals surface area contributed by atoms with Crippen LogP contribution in [0, 0.1) is 5.82 Å². The van der Waals surface area contributed by atoms with Gasteiger partial charge in [0.1, 0.15) is 23.8 Å². The van der Waals surface area contributed by atoms with Crippen LogP contribution in [0.1, 0.15) is 45.4 Å². The zero-order chi connectivity index (χ0) is 25.5. The second-order valence-electron chi connectivity index (χ2n) is 8.73. The van der Waals surface area contributed by atoms with E-state index in [9.17, 15) is 17.9 Å². The molecule has 0 radical (unpaired) electrons. The van der Waals surface area contributed by atoms with Crippen LogP contribution in [0.4, 0.5) is 22.0 Å². The number of hydrogen-bond donors (Lipinski definition) is 4. The summed E-state index contributed by atoms with van der Waals surface area (Å²) in [4.78, 5) is 17.3. The molecule has 10 nitrogen and oxygen atoms in total. The van der Waals surface area contributed by atoms with E-state index >= 15 is 0 Å². The number of hydrogen-bond acceptors (Lipinski definition) is 9. The van der Waals surface area contributed by atoms with Crippen molar-refractivity contribution in [2.24, 2.45) is 0 Å². The van der Waals surface area contributed by atoms with Crippen molar-refractivity contribution >= 4 is 27.6 Å². The molecule has 0 saturated heterocycles. The molecule has 1 fully saturated rings. The Morgan fingerprint density at radius 2 is 1.83 bits per heavy atom. The lowest BCUT2D eigenvalue weighted by Crippen LogP contribution is -2.29. The quantitative estimate of drug-likeness (QED) is 0.297. The van der Waals surface area contributed by atoms with Crippen molar-refractivity contribution in [3.8, 4) is 11.3 Å². The summed E-state index contributed by atoms with van der Waals surface area (Å²) in [7, 11) is -3.97. The van der Waals surface area contributed by atoms with Crippen LogP contribution in [0.5, 0.6) is 0 Å². The Labute approximate surface area is 209 Å². The van der Waals surface area contributed by atoms with Crippen LogP contribution >= 0.6 is 0 Å². The summed E-state index contributed by atoms with van der Waals surface area (Å²) in [5.74, 6) is 0.577. The Bertz CT molecular complexity index is 1270. The molecule has 3 aromatic rings. The van der Waals surface area contributed by atoms with Gasteiger partial charge in [-0.3, -0.25) is 4.72 Å². The van der Waals surface area contributed by atoms with E-state index in [4.69, 9.17) is 0 Å². The molecule has 2 heterocycles. The van der Waals surface area contributed by atoms with Crippen molar-refractivity contribution in [2.75, 3.05) is 21.9 Å². The van der Waals surface area contributed by atoms with Gasteiger partial charge in [0.15, 0.2) is 0 Å². The second kappa shape index (κ2) is 11.6. The number of nitrogens with one attached hydrogen (secondary N) is 3. The molecule has 0 amide bonds. The molecular weight excluding hydrogens is 485 g/mol. The van der Waals surface area contributed by atoms with Crippen molar-refractivity contribution in [2.45, 2.75) is 62.5 Å². The van der Waals surface area contributed by atoms with E-state index < -0.39 is 15.8 Å². The van der Waals surface area contributed by atoms with Gasteiger partial charge < -0.3 is 15.7 Å². The van der Waals surface area contributed by atoms with Crippen LogP contribution in [0.25, 0.3) is 11.3 Å². The summed E-state index contributed by atoms with van der Waals surface area (Å²) in [5.41, 5.74) is 1.02. The predicted molar refractivity (Wildman–Crippen MR) is 136 cm³/mol. The molecule has 1 saturated carbocycles. The summed E-state index contributed by atoms with van der Waals surface area (Å²) >= 11 is 0. The minimum absolute atomic E-state index is 0.0567. The third-order valence-corrected chi connectivity index (χ3v) is 7.32. The van der Waals surface area contributed by atoms with Gasteiger partial charge in [-0.25, -0.2) is 27.8 Å². The van der Waals surface area contributed by atoms with Crippen LogP contribution in [0.15, 0.2) is 47.8 Å². The number of nitrogens with zero attached hydrogens (tertiary/aromatic N) is 4. The van der Waals surface area contributed by atoms with Gasteiger partial charge in [0.25, 0.3) is 10.0 Å². The van der Waals surface area contributed by atoms with Crippen molar-refractivity contribution in [3.63, 3.8) is 0 Å². The average molecular weight is 516 g/mol. The van der Waals surface area contributed by atoms with Gasteiger partial charge in [-0.15, -0.1) is 0 Å². The largest absolute Gasteiger partial charge is 0.393 e. The molecule has 1 aliphatic carbocycles. The molecule has 36 heavy (non-hydrogen) atoms. The van der Waals surface area contributed by atoms with Gasteiger partial charge in [0, 0.05) is 24.8 Å². The molecule has 1 aromatic carbocycles. The zero-order valence-corrected chi connectivity index (χ0v) is 20.8. The highest BCUT2D eigenvalue weighted by atomic mass is 32.2. The summed E-state index contributed by atoms with van der Waals surface area (Å²) in [6, 6.07) is 6.15. The van der Waals surface area contributed by atoms with Crippen LogP contribution in [0.2, 0.25) is 0 Å². The summed E-state index contributed by atoms with van der Waals surface area (Å²) in [5, 5.41) is 16.5. The Balaban J connectivity index is 1.60. The number of aromatic nitrogens is 4. The maximum atomic E-state index is 13.2. The third kappa shape index (κ3) is 6.64. The first-order chi connectivity index (χ1) is 17.3. The van der Waals surface area contributed by atoms with Crippen LogP contribution in [-0.4, -0.2) is 52.2 Å². The summed E-state index contributed by atoms with van der Waals surface area (Å²) in [6.45, 7) is 2.85. The van der Waals surface area contributed by atoms with E-state index in [0.717, 1.165) is 44.4 Å². The minimum atomic E-state index is -3.97. The van der Waals surface area contributed by atoms with Gasteiger partial charge in [-0.1, -0.05) is 13.3 Å². The Morgan fingerprint density at radius 3 is 2.56 bits per heavy atom. The highest BCUT2D eigenvalue weighted by molar-refractivity contribution is 7.92. The third-order valence-electron chi connectivity index (χ3n) is 5.95. The molecule has 0 unspecified atom stereocenters. The first kappa shape index (κ1) is 25.7. The second-order valence-corrected chi connectivity index (χ2v) is 10.4. The topological polar surface area (TPSA) is 142 Å². The zero-order valence-electron chi connectivity index (χ0n) is 20.0. The minimum Gasteiger partial charge on any atom is -0.393 e. The van der Waals surface area contributed by atoms with Crippen molar-refractivity contribution in [3.05, 3.63) is 48.7 Å². The number of anilines is 3. The molecule has 0 atom stereocenters. The lowest BCUT2D eigenvalue weighted by Gasteiger charge is -2.27. The normalized spacial score (nSPS) is 18.0. The predicted octanol–water partition coefficient (Wildman–Crippen LogP) is 3.80. The fourth-order valence-corrected chi connectivity index (χ4v) is 4.92. The standard InChI is InChI=1S/C24H30FN7O3S/c1-2-3-12-26-24-27-14-20(23(31-24)30-17-6-8-18(33)9-7-17)21-13-22(29-15-28-21)32-36(34,35)19-10-4-16(25)5-11-19/h4-5,10-11,13-15,17-18,33H,2-3,6-9,12H2,1H3,(H,28,29,32)(H2,26,27,30,31). The van der Waals surface area contributed by atoms with Crippen molar-refractivity contribution < 1.29 is 17.9 Å². The molecular formula is C24H30FN7O3S. The smallest absolute Gasteiger partial charge is 0.263 e. The van der Waals surface area contributed by atoms with Crippen molar-refractivity contribution in [1.29, 1.82) is 0 Å². The number of sulfonamides is 1. The SMILES string of the molecule is CCCCNc1ncc(-c2cc(NS(=O)(=O)c3ccc(F)cc3)ncn2)c(NC2CCC(O)CC2)n1. The molecule has 12 heteroatoms. The van der Waals surface area contributed by atoms with Crippen molar-refractivity contribution in [1.82, 2.24) is 19.9 Å². The van der Waals surface area contributed by atoms with E-state index in [1.807, 2.05) is 0 Å². The molecule has 192 valence electrons. The van der Waals surface area contributed by atoms with Gasteiger partial charge in [-0.05, 0) is 56.4 Å². The number of benzene rings is 1. The molecule has 0 spiro atoms. The Hall–Kier alpha value is -3.38. The van der Waals surface area contributed by atoms with Crippen LogP contribution in [0.3, 0.4) is 0 Å². The van der Waals surface area contributed by atoms with Gasteiger partial charge in [-0.2, -0.15) is 4.98 Å². The van der Waals surface area contributed by atoms with E-state index in [1.165, 1.54) is 24.5 Å². The van der Waals surface area contributed by atoms with Crippen LogP contribution in [-0.2, 0) is 10.0 Å². The Morgan fingerprint density at radius 1 is 1.08 bits per heavy atom. The first-order valence-corrected chi connectivity index (χ1v) is 13.5. The van der Waals surface area contributed by atoms with Crippen LogP contribution < -0.4 is 15.4 Å². The number of unbranched alkanes of at least 4 members (excludes halogenated alkanes) is 1. The molecule has 1 aliphatic rings. The van der Waals surface area contributed by atoms with Gasteiger partial charge in [0.05, 0.1) is 22.3 Å². The van der Waals surface area contributed by atoms with Gasteiger partial charge >= 0.3 is 0 Å². The average Bonchev–Trinajstić information content (AvgIpc) is 2.86. The van der Waals surface area contributed by atoms with Gasteiger partial charge in [0.2, 0.25) is 5.95 Å². The van der Waals surface area contributed by atoms with E-state index in [0.29, 0.717) is 35.9 Å². The summed E-state index contributed by atoms with van der Waals surface area (Å²) in [6.07, 6.45) is 7.66. The fourth-order valence-electron chi connectivity index (χ4n) is 3.93. The highest BCUT2D eigenvalue weighted by Crippen LogP contribution is 2.30. The Kier molecular flexibility index (Phi) is 8.26. The van der Waals surface area contributed by atoms with E-state index in [-0.39, 0.29) is 22.9 Å². The van der Waals surface area contributed by atoms with E-state index in [1.54, 1.807) is 6.20 Å². The lowest BCUT2D eigenvalue weighted by molar-refractivity contribution is 0.126. The molecule has 4 N–H and O–H groups in total. The fraction of sp³-hybridized carbons (Fsp3) is 0.417. The number of rotatable bonds is 10. The number of aliphatic hydroxyl groups is 1. The highest BCUT2D eigenvalue weighted by Gasteiger charge is 2.22.